The smallest absolute Gasteiger partial charge is 0.475 e. The SMILES string of the molecule is C[C@@H]1C(=O)NC[C@H]2CN(Cc3ccsc3)C[C@H]21.O=C(O)C(F)(F)F. The quantitative estimate of drug-likeness (QED) is 0.844. The molecule has 2 aliphatic rings. The van der Waals surface area contributed by atoms with Gasteiger partial charge in [-0.2, -0.15) is 24.5 Å². The van der Waals surface area contributed by atoms with Gasteiger partial charge in [0.05, 0.1) is 0 Å². The zero-order valence-electron chi connectivity index (χ0n) is 13.0. The second kappa shape index (κ2) is 7.52. The van der Waals surface area contributed by atoms with E-state index in [1.165, 1.54) is 5.56 Å². The summed E-state index contributed by atoms with van der Waals surface area (Å²) >= 11 is 1.76. The van der Waals surface area contributed by atoms with E-state index in [1.54, 1.807) is 11.3 Å². The van der Waals surface area contributed by atoms with Gasteiger partial charge in [-0.05, 0) is 34.2 Å². The number of alkyl halides is 3. The summed E-state index contributed by atoms with van der Waals surface area (Å²) in [6, 6.07) is 2.19. The Labute approximate surface area is 141 Å². The molecule has 0 spiro atoms. The molecule has 0 saturated carbocycles. The van der Waals surface area contributed by atoms with Gasteiger partial charge in [-0.3, -0.25) is 9.69 Å². The summed E-state index contributed by atoms with van der Waals surface area (Å²) < 4.78 is 31.7. The minimum Gasteiger partial charge on any atom is -0.475 e. The van der Waals surface area contributed by atoms with Gasteiger partial charge in [-0.25, -0.2) is 4.79 Å². The highest BCUT2D eigenvalue weighted by Gasteiger charge is 2.41. The highest BCUT2D eigenvalue weighted by molar-refractivity contribution is 7.07. The summed E-state index contributed by atoms with van der Waals surface area (Å²) in [5.41, 5.74) is 1.40. The highest BCUT2D eigenvalue weighted by Crippen LogP contribution is 2.33. The van der Waals surface area contributed by atoms with Crippen LogP contribution in [0.15, 0.2) is 16.8 Å². The maximum absolute atomic E-state index is 11.6. The van der Waals surface area contributed by atoms with Crippen molar-refractivity contribution in [3.8, 4) is 0 Å². The minimum absolute atomic E-state index is 0.182. The molecule has 1 amide bonds. The Bertz CT molecular complexity index is 577. The molecule has 2 N–H and O–H groups in total. The number of thiophene rings is 1. The third kappa shape index (κ3) is 4.70. The molecule has 5 nitrogen and oxygen atoms in total. The van der Waals surface area contributed by atoms with Crippen molar-refractivity contribution in [3.05, 3.63) is 22.4 Å². The zero-order chi connectivity index (χ0) is 17.9. The van der Waals surface area contributed by atoms with E-state index in [2.05, 4.69) is 34.0 Å². The van der Waals surface area contributed by atoms with Crippen molar-refractivity contribution in [1.29, 1.82) is 0 Å². The Morgan fingerprint density at radius 2 is 2.12 bits per heavy atom. The monoisotopic (exact) mass is 364 g/mol. The molecule has 3 heterocycles. The van der Waals surface area contributed by atoms with Gasteiger partial charge in [0.2, 0.25) is 5.91 Å². The van der Waals surface area contributed by atoms with Gasteiger partial charge in [-0.1, -0.05) is 6.92 Å². The molecule has 134 valence electrons. The highest BCUT2D eigenvalue weighted by atomic mass is 32.1. The van der Waals surface area contributed by atoms with Gasteiger partial charge >= 0.3 is 12.1 Å². The van der Waals surface area contributed by atoms with Crippen molar-refractivity contribution in [3.63, 3.8) is 0 Å². The third-order valence-electron chi connectivity index (χ3n) is 4.39. The number of halogens is 3. The second-order valence-corrected chi connectivity index (χ2v) is 6.87. The van der Waals surface area contributed by atoms with Crippen molar-refractivity contribution in [2.45, 2.75) is 19.6 Å². The number of hydrogen-bond donors (Lipinski definition) is 2. The van der Waals surface area contributed by atoms with E-state index >= 15 is 0 Å². The lowest BCUT2D eigenvalue weighted by atomic mass is 9.81. The molecule has 0 aromatic carbocycles. The number of piperidine rings is 1. The van der Waals surface area contributed by atoms with Crippen LogP contribution in [-0.2, 0) is 16.1 Å². The van der Waals surface area contributed by atoms with Crippen LogP contribution in [0.5, 0.6) is 0 Å². The molecule has 0 unspecified atom stereocenters. The predicted molar refractivity (Wildman–Crippen MR) is 82.4 cm³/mol. The van der Waals surface area contributed by atoms with Gasteiger partial charge in [0.1, 0.15) is 0 Å². The minimum atomic E-state index is -5.08. The van der Waals surface area contributed by atoms with Gasteiger partial charge in [-0.15, -0.1) is 0 Å². The fourth-order valence-corrected chi connectivity index (χ4v) is 3.79. The van der Waals surface area contributed by atoms with Crippen LogP contribution >= 0.6 is 11.3 Å². The van der Waals surface area contributed by atoms with Crippen LogP contribution in [0.25, 0.3) is 0 Å². The van der Waals surface area contributed by atoms with Crippen LogP contribution in [0.2, 0.25) is 0 Å². The van der Waals surface area contributed by atoms with Crippen molar-refractivity contribution < 1.29 is 27.9 Å². The molecule has 1 aromatic rings. The molecule has 2 fully saturated rings. The first-order chi connectivity index (χ1) is 11.2. The van der Waals surface area contributed by atoms with Gasteiger partial charge in [0.15, 0.2) is 0 Å². The van der Waals surface area contributed by atoms with Gasteiger partial charge < -0.3 is 10.4 Å². The number of amides is 1. The van der Waals surface area contributed by atoms with E-state index in [0.29, 0.717) is 11.8 Å². The van der Waals surface area contributed by atoms with E-state index in [1.807, 2.05) is 0 Å². The van der Waals surface area contributed by atoms with E-state index in [-0.39, 0.29) is 11.8 Å². The molecule has 0 aliphatic carbocycles. The van der Waals surface area contributed by atoms with Gasteiger partial charge in [0.25, 0.3) is 0 Å². The summed E-state index contributed by atoms with van der Waals surface area (Å²) in [4.78, 5) is 23.0. The van der Waals surface area contributed by atoms with Crippen LogP contribution in [0.4, 0.5) is 13.2 Å². The number of carboxylic acid groups (broad SMARTS) is 1. The molecule has 2 saturated heterocycles. The predicted octanol–water partition coefficient (Wildman–Crippen LogP) is 2.20. The first-order valence-electron chi connectivity index (χ1n) is 7.49. The van der Waals surface area contributed by atoms with E-state index in [9.17, 15) is 18.0 Å². The van der Waals surface area contributed by atoms with Crippen molar-refractivity contribution >= 4 is 23.2 Å². The topological polar surface area (TPSA) is 69.6 Å². The third-order valence-corrected chi connectivity index (χ3v) is 5.12. The Kier molecular flexibility index (Phi) is 5.87. The normalized spacial score (nSPS) is 27.0. The van der Waals surface area contributed by atoms with Crippen molar-refractivity contribution in [2.75, 3.05) is 19.6 Å². The number of fused-ring (bicyclic) bond motifs is 1. The number of carbonyl (C=O) groups excluding carboxylic acids is 1. The molecule has 1 aromatic heterocycles. The molecule has 24 heavy (non-hydrogen) atoms. The fraction of sp³-hybridized carbons (Fsp3) is 0.600. The largest absolute Gasteiger partial charge is 0.490 e. The number of carbonyl (C=O) groups is 2. The lowest BCUT2D eigenvalue weighted by Crippen LogP contribution is -2.46. The first-order valence-corrected chi connectivity index (χ1v) is 8.44. The van der Waals surface area contributed by atoms with Crippen molar-refractivity contribution in [1.82, 2.24) is 10.2 Å². The Morgan fingerprint density at radius 1 is 1.46 bits per heavy atom. The number of nitrogens with zero attached hydrogens (tertiary/aromatic N) is 1. The second-order valence-electron chi connectivity index (χ2n) is 6.09. The van der Waals surface area contributed by atoms with Crippen LogP contribution in [0.3, 0.4) is 0 Å². The van der Waals surface area contributed by atoms with E-state index in [4.69, 9.17) is 9.90 Å². The molecule has 0 radical (unpaired) electrons. The Hall–Kier alpha value is -1.61. The van der Waals surface area contributed by atoms with Crippen LogP contribution < -0.4 is 5.32 Å². The van der Waals surface area contributed by atoms with Crippen molar-refractivity contribution in [2.24, 2.45) is 17.8 Å². The number of carboxylic acids is 1. The lowest BCUT2D eigenvalue weighted by molar-refractivity contribution is -0.192. The summed E-state index contributed by atoms with van der Waals surface area (Å²) in [6.45, 7) is 6.19. The average Bonchev–Trinajstić information content (AvgIpc) is 3.13. The summed E-state index contributed by atoms with van der Waals surface area (Å²) in [6.07, 6.45) is -5.08. The van der Waals surface area contributed by atoms with E-state index < -0.39 is 12.1 Å². The van der Waals surface area contributed by atoms with Crippen LogP contribution in [-0.4, -0.2) is 47.7 Å². The molecular weight excluding hydrogens is 345 g/mol. The Balaban J connectivity index is 0.000000256. The summed E-state index contributed by atoms with van der Waals surface area (Å²) in [5.74, 6) is -1.12. The lowest BCUT2D eigenvalue weighted by Gasteiger charge is -2.30. The summed E-state index contributed by atoms with van der Waals surface area (Å²) in [5, 5.41) is 14.5. The molecular formula is C15H19F3N2O3S. The number of hydrogen-bond acceptors (Lipinski definition) is 4. The molecule has 9 heteroatoms. The summed E-state index contributed by atoms with van der Waals surface area (Å²) in [7, 11) is 0. The maximum Gasteiger partial charge on any atom is 0.490 e. The van der Waals surface area contributed by atoms with Crippen LogP contribution in [0, 0.1) is 17.8 Å². The number of nitrogens with one attached hydrogen (secondary N) is 1. The molecule has 3 atom stereocenters. The standard InChI is InChI=1S/C13H18N2OS.C2HF3O2/c1-9-12-7-15(5-10-2-3-17-8-10)6-11(12)4-14-13(9)16;3-2(4,5)1(6)7/h2-3,8-9,11-12H,4-7H2,1H3,(H,14,16);(H,6,7)/t9-,11-,12-;/m0./s1. The van der Waals surface area contributed by atoms with Gasteiger partial charge in [0, 0.05) is 32.1 Å². The first kappa shape index (κ1) is 18.7. The molecule has 0 bridgehead atoms. The maximum atomic E-state index is 11.6. The number of rotatable bonds is 2. The van der Waals surface area contributed by atoms with E-state index in [0.717, 1.165) is 26.2 Å². The van der Waals surface area contributed by atoms with Crippen LogP contribution in [0.1, 0.15) is 12.5 Å². The Morgan fingerprint density at radius 3 is 2.67 bits per heavy atom. The number of likely N-dealkylation sites (tertiary alicyclic amines) is 1. The molecule has 2 aliphatic heterocycles. The molecule has 3 rings (SSSR count). The zero-order valence-corrected chi connectivity index (χ0v) is 13.9. The fourth-order valence-electron chi connectivity index (χ4n) is 3.13. The average molecular weight is 364 g/mol. The number of aliphatic carboxylic acids is 1.